The van der Waals surface area contributed by atoms with Gasteiger partial charge in [0, 0.05) is 0 Å². The van der Waals surface area contributed by atoms with Crippen LogP contribution in [-0.2, 0) is 4.74 Å². The van der Waals surface area contributed by atoms with Crippen LogP contribution in [0, 0.1) is 5.92 Å². The molecular weight excluding hydrogens is 174 g/mol. The van der Waals surface area contributed by atoms with E-state index in [2.05, 4.69) is 39.2 Å². The van der Waals surface area contributed by atoms with E-state index in [1.165, 1.54) is 5.57 Å². The standard InChI is InChI=1S/C12H23NO/c1-5-9(3)8-13-12-7-10(4)11(6-2)14-12/h8,10-13H,5-7H2,1-4H3/b9-8+. The van der Waals surface area contributed by atoms with Crippen LogP contribution in [0.25, 0.3) is 0 Å². The zero-order valence-corrected chi connectivity index (χ0v) is 9.84. The molecule has 82 valence electrons. The molecule has 1 fully saturated rings. The van der Waals surface area contributed by atoms with Crippen LogP contribution in [0.4, 0.5) is 0 Å². The molecule has 1 saturated heterocycles. The maximum Gasteiger partial charge on any atom is 0.127 e. The molecule has 1 aliphatic heterocycles. The molecule has 1 heterocycles. The molecule has 3 atom stereocenters. The Kier molecular flexibility index (Phi) is 4.46. The van der Waals surface area contributed by atoms with Crippen LogP contribution < -0.4 is 5.32 Å². The lowest BCUT2D eigenvalue weighted by atomic mass is 10.0. The second-order valence-electron chi connectivity index (χ2n) is 4.30. The molecule has 0 aromatic heterocycles. The summed E-state index contributed by atoms with van der Waals surface area (Å²) < 4.78 is 5.86. The fraction of sp³-hybridized carbons (Fsp3) is 0.833. The van der Waals surface area contributed by atoms with Crippen molar-refractivity contribution < 1.29 is 4.74 Å². The Balaban J connectivity index is 2.35. The molecule has 1 N–H and O–H groups in total. The third kappa shape index (κ3) is 3.02. The molecule has 0 spiro atoms. The lowest BCUT2D eigenvalue weighted by Gasteiger charge is -2.13. The van der Waals surface area contributed by atoms with Gasteiger partial charge < -0.3 is 10.1 Å². The van der Waals surface area contributed by atoms with E-state index in [-0.39, 0.29) is 6.23 Å². The second kappa shape index (κ2) is 5.40. The van der Waals surface area contributed by atoms with Crippen molar-refractivity contribution in [2.75, 3.05) is 0 Å². The van der Waals surface area contributed by atoms with Crippen molar-refractivity contribution in [3.05, 3.63) is 11.8 Å². The Morgan fingerprint density at radius 2 is 2.21 bits per heavy atom. The minimum absolute atomic E-state index is 0.233. The van der Waals surface area contributed by atoms with Crippen LogP contribution >= 0.6 is 0 Å². The number of hydrogen-bond acceptors (Lipinski definition) is 2. The molecule has 1 aliphatic rings. The van der Waals surface area contributed by atoms with Gasteiger partial charge in [-0.05, 0) is 38.3 Å². The normalized spacial score (nSPS) is 33.4. The first-order chi connectivity index (χ1) is 6.67. The van der Waals surface area contributed by atoms with E-state index in [9.17, 15) is 0 Å². The number of hydrogen-bond donors (Lipinski definition) is 1. The maximum absolute atomic E-state index is 5.86. The molecule has 2 nitrogen and oxygen atoms in total. The molecule has 14 heavy (non-hydrogen) atoms. The van der Waals surface area contributed by atoms with Crippen LogP contribution in [0.5, 0.6) is 0 Å². The Morgan fingerprint density at radius 1 is 1.50 bits per heavy atom. The number of nitrogens with one attached hydrogen (secondary N) is 1. The van der Waals surface area contributed by atoms with Gasteiger partial charge in [0.15, 0.2) is 0 Å². The van der Waals surface area contributed by atoms with Crippen LogP contribution in [0.3, 0.4) is 0 Å². The van der Waals surface area contributed by atoms with E-state index in [1.807, 2.05) is 0 Å². The average Bonchev–Trinajstić information content (AvgIpc) is 2.55. The first-order valence-corrected chi connectivity index (χ1v) is 5.74. The SMILES string of the molecule is CC/C(C)=C/NC1CC(C)C(CC)O1. The average molecular weight is 197 g/mol. The van der Waals surface area contributed by atoms with Gasteiger partial charge in [0.25, 0.3) is 0 Å². The van der Waals surface area contributed by atoms with Crippen molar-refractivity contribution in [2.45, 2.75) is 59.3 Å². The van der Waals surface area contributed by atoms with Crippen molar-refractivity contribution in [3.8, 4) is 0 Å². The highest BCUT2D eigenvalue weighted by Gasteiger charge is 2.29. The topological polar surface area (TPSA) is 21.3 Å². The molecule has 2 heteroatoms. The fourth-order valence-corrected chi connectivity index (χ4v) is 1.83. The molecule has 0 amide bonds. The van der Waals surface area contributed by atoms with Crippen LogP contribution in [0.1, 0.15) is 47.0 Å². The Hall–Kier alpha value is -0.500. The van der Waals surface area contributed by atoms with E-state index in [0.29, 0.717) is 12.0 Å². The van der Waals surface area contributed by atoms with Gasteiger partial charge in [-0.2, -0.15) is 0 Å². The summed E-state index contributed by atoms with van der Waals surface area (Å²) in [7, 11) is 0. The van der Waals surface area contributed by atoms with E-state index >= 15 is 0 Å². The number of allylic oxidation sites excluding steroid dienone is 1. The van der Waals surface area contributed by atoms with Crippen molar-refractivity contribution in [1.29, 1.82) is 0 Å². The number of rotatable bonds is 4. The highest BCUT2D eigenvalue weighted by atomic mass is 16.5. The molecule has 0 aromatic carbocycles. The zero-order chi connectivity index (χ0) is 10.6. The third-order valence-corrected chi connectivity index (χ3v) is 3.04. The highest BCUT2D eigenvalue weighted by Crippen LogP contribution is 2.26. The zero-order valence-electron chi connectivity index (χ0n) is 9.84. The predicted molar refractivity (Wildman–Crippen MR) is 59.9 cm³/mol. The lowest BCUT2D eigenvalue weighted by molar-refractivity contribution is 0.0239. The fourth-order valence-electron chi connectivity index (χ4n) is 1.83. The summed E-state index contributed by atoms with van der Waals surface area (Å²) in [6.07, 6.45) is 6.13. The van der Waals surface area contributed by atoms with Gasteiger partial charge in [-0.3, -0.25) is 0 Å². The molecule has 0 aromatic rings. The van der Waals surface area contributed by atoms with Gasteiger partial charge in [-0.1, -0.05) is 26.3 Å². The van der Waals surface area contributed by atoms with Gasteiger partial charge >= 0.3 is 0 Å². The summed E-state index contributed by atoms with van der Waals surface area (Å²) >= 11 is 0. The largest absolute Gasteiger partial charge is 0.366 e. The van der Waals surface area contributed by atoms with Gasteiger partial charge in [-0.15, -0.1) is 0 Å². The Labute approximate surface area is 87.7 Å². The van der Waals surface area contributed by atoms with Gasteiger partial charge in [0.05, 0.1) is 6.10 Å². The quantitative estimate of drug-likeness (QED) is 0.748. The number of ether oxygens (including phenoxy) is 1. The Morgan fingerprint density at radius 3 is 2.71 bits per heavy atom. The van der Waals surface area contributed by atoms with E-state index in [0.717, 1.165) is 19.3 Å². The minimum atomic E-state index is 0.233. The monoisotopic (exact) mass is 197 g/mol. The van der Waals surface area contributed by atoms with Crippen LogP contribution in [0.2, 0.25) is 0 Å². The molecule has 0 aliphatic carbocycles. The second-order valence-corrected chi connectivity index (χ2v) is 4.30. The van der Waals surface area contributed by atoms with E-state index in [1.54, 1.807) is 0 Å². The van der Waals surface area contributed by atoms with Crippen molar-refractivity contribution in [2.24, 2.45) is 5.92 Å². The first-order valence-electron chi connectivity index (χ1n) is 5.74. The van der Waals surface area contributed by atoms with Crippen molar-refractivity contribution in [1.82, 2.24) is 5.32 Å². The van der Waals surface area contributed by atoms with Gasteiger partial charge in [0.1, 0.15) is 6.23 Å². The summed E-state index contributed by atoms with van der Waals surface area (Å²) in [5.41, 5.74) is 1.38. The third-order valence-electron chi connectivity index (χ3n) is 3.04. The van der Waals surface area contributed by atoms with E-state index in [4.69, 9.17) is 4.74 Å². The molecule has 0 saturated carbocycles. The summed E-state index contributed by atoms with van der Waals surface area (Å²) in [4.78, 5) is 0. The summed E-state index contributed by atoms with van der Waals surface area (Å²) in [6, 6.07) is 0. The smallest absolute Gasteiger partial charge is 0.127 e. The molecule has 0 bridgehead atoms. The molecular formula is C12H23NO. The molecule has 3 unspecified atom stereocenters. The minimum Gasteiger partial charge on any atom is -0.366 e. The molecule has 1 rings (SSSR count). The van der Waals surface area contributed by atoms with Crippen LogP contribution in [-0.4, -0.2) is 12.3 Å². The first kappa shape index (κ1) is 11.6. The van der Waals surface area contributed by atoms with Crippen LogP contribution in [0.15, 0.2) is 11.8 Å². The Bertz CT molecular complexity index is 200. The predicted octanol–water partition coefficient (Wildman–Crippen LogP) is 3.05. The maximum atomic E-state index is 5.86. The summed E-state index contributed by atoms with van der Waals surface area (Å²) in [6.45, 7) is 8.77. The van der Waals surface area contributed by atoms with Gasteiger partial charge in [0.2, 0.25) is 0 Å². The summed E-state index contributed by atoms with van der Waals surface area (Å²) in [5.74, 6) is 0.688. The van der Waals surface area contributed by atoms with E-state index < -0.39 is 0 Å². The lowest BCUT2D eigenvalue weighted by Crippen LogP contribution is -2.24. The van der Waals surface area contributed by atoms with Gasteiger partial charge in [-0.25, -0.2) is 0 Å². The highest BCUT2D eigenvalue weighted by molar-refractivity contribution is 4.96. The molecule has 0 radical (unpaired) electrons. The van der Waals surface area contributed by atoms with Crippen molar-refractivity contribution >= 4 is 0 Å². The summed E-state index contributed by atoms with van der Waals surface area (Å²) in [5, 5.41) is 3.34. The van der Waals surface area contributed by atoms with Crippen molar-refractivity contribution in [3.63, 3.8) is 0 Å².